The quantitative estimate of drug-likeness (QED) is 0.826. The van der Waals surface area contributed by atoms with E-state index in [1.165, 1.54) is 5.75 Å². The number of pyridine rings is 1. The summed E-state index contributed by atoms with van der Waals surface area (Å²) in [5.74, 6) is 2.13. The predicted molar refractivity (Wildman–Crippen MR) is 71.0 cm³/mol. The second kappa shape index (κ2) is 6.76. The molecule has 0 aliphatic carbocycles. The molecule has 0 radical (unpaired) electrons. The number of rotatable bonds is 6. The van der Waals surface area contributed by atoms with Crippen LogP contribution < -0.4 is 4.90 Å². The van der Waals surface area contributed by atoms with Gasteiger partial charge in [-0.15, -0.1) is 0 Å². The number of hydrogen-bond acceptors (Lipinski definition) is 4. The molecule has 1 unspecified atom stereocenters. The molecule has 1 atom stereocenters. The van der Waals surface area contributed by atoms with Gasteiger partial charge in [0.1, 0.15) is 5.82 Å². The van der Waals surface area contributed by atoms with Crippen molar-refractivity contribution in [3.05, 3.63) is 23.9 Å². The number of aromatic nitrogens is 1. The summed E-state index contributed by atoms with van der Waals surface area (Å²) in [5.41, 5.74) is 0.855. The molecule has 0 spiro atoms. The highest BCUT2D eigenvalue weighted by Gasteiger charge is 2.10. The highest BCUT2D eigenvalue weighted by atomic mass is 32.2. The summed E-state index contributed by atoms with van der Waals surface area (Å²) in [6, 6.07) is 4.36. The second-order valence-electron chi connectivity index (χ2n) is 3.92. The Morgan fingerprint density at radius 2 is 2.25 bits per heavy atom. The van der Waals surface area contributed by atoms with Gasteiger partial charge in [0, 0.05) is 19.3 Å². The van der Waals surface area contributed by atoms with Crippen LogP contribution >= 0.6 is 11.8 Å². The molecular weight excluding hydrogens is 220 g/mol. The van der Waals surface area contributed by atoms with Crippen molar-refractivity contribution in [3.8, 4) is 0 Å². The minimum atomic E-state index is 0.0546. The first-order chi connectivity index (χ1) is 7.69. The van der Waals surface area contributed by atoms with Gasteiger partial charge in [-0.05, 0) is 37.0 Å². The summed E-state index contributed by atoms with van der Waals surface area (Å²) in [6.45, 7) is 2.26. The third-order valence-electron chi connectivity index (χ3n) is 2.75. The highest BCUT2D eigenvalue weighted by molar-refractivity contribution is 7.98. The van der Waals surface area contributed by atoms with E-state index < -0.39 is 0 Å². The first-order valence-corrected chi connectivity index (χ1v) is 6.86. The van der Waals surface area contributed by atoms with Crippen molar-refractivity contribution in [3.63, 3.8) is 0 Å². The molecule has 1 heterocycles. The van der Waals surface area contributed by atoms with Gasteiger partial charge in [-0.1, -0.05) is 6.07 Å². The van der Waals surface area contributed by atoms with Crippen molar-refractivity contribution >= 4 is 17.6 Å². The van der Waals surface area contributed by atoms with Crippen molar-refractivity contribution < 1.29 is 5.11 Å². The zero-order valence-corrected chi connectivity index (χ0v) is 11.0. The molecule has 4 heteroatoms. The monoisotopic (exact) mass is 240 g/mol. The average molecular weight is 240 g/mol. The summed E-state index contributed by atoms with van der Waals surface area (Å²) in [7, 11) is 2.06. The van der Waals surface area contributed by atoms with Crippen LogP contribution in [0.15, 0.2) is 18.3 Å². The summed E-state index contributed by atoms with van der Waals surface area (Å²) in [5, 5.41) is 8.94. The maximum atomic E-state index is 8.94. The van der Waals surface area contributed by atoms with Crippen molar-refractivity contribution in [2.75, 3.05) is 24.0 Å². The lowest BCUT2D eigenvalue weighted by Gasteiger charge is -2.25. The Kier molecular flexibility index (Phi) is 5.63. The van der Waals surface area contributed by atoms with E-state index in [2.05, 4.69) is 30.1 Å². The van der Waals surface area contributed by atoms with Crippen molar-refractivity contribution in [1.82, 2.24) is 4.98 Å². The molecular formula is C12H20N2OS. The van der Waals surface area contributed by atoms with Gasteiger partial charge in [-0.25, -0.2) is 4.98 Å². The van der Waals surface area contributed by atoms with E-state index in [0.29, 0.717) is 6.04 Å². The van der Waals surface area contributed by atoms with E-state index in [4.69, 9.17) is 5.11 Å². The molecule has 1 aromatic rings. The van der Waals surface area contributed by atoms with E-state index in [1.807, 2.05) is 23.9 Å². The van der Waals surface area contributed by atoms with E-state index in [1.54, 1.807) is 6.20 Å². The minimum absolute atomic E-state index is 0.0546. The van der Waals surface area contributed by atoms with Gasteiger partial charge in [0.2, 0.25) is 0 Å². The lowest BCUT2D eigenvalue weighted by molar-refractivity contribution is 0.281. The fraction of sp³-hybridized carbons (Fsp3) is 0.583. The molecule has 1 rings (SSSR count). The number of anilines is 1. The number of nitrogens with zero attached hydrogens (tertiary/aromatic N) is 2. The van der Waals surface area contributed by atoms with Crippen LogP contribution in [0.2, 0.25) is 0 Å². The van der Waals surface area contributed by atoms with Gasteiger partial charge in [0.15, 0.2) is 0 Å². The zero-order chi connectivity index (χ0) is 12.0. The summed E-state index contributed by atoms with van der Waals surface area (Å²) < 4.78 is 0. The van der Waals surface area contributed by atoms with E-state index in [-0.39, 0.29) is 6.61 Å². The van der Waals surface area contributed by atoms with Crippen molar-refractivity contribution in [1.29, 1.82) is 0 Å². The summed E-state index contributed by atoms with van der Waals surface area (Å²) in [4.78, 5) is 6.52. The highest BCUT2D eigenvalue weighted by Crippen LogP contribution is 2.15. The lowest BCUT2D eigenvalue weighted by Crippen LogP contribution is -2.30. The van der Waals surface area contributed by atoms with Gasteiger partial charge < -0.3 is 10.0 Å². The maximum absolute atomic E-state index is 8.94. The van der Waals surface area contributed by atoms with Crippen molar-refractivity contribution in [2.45, 2.75) is 26.0 Å². The smallest absolute Gasteiger partial charge is 0.128 e. The first-order valence-electron chi connectivity index (χ1n) is 5.46. The topological polar surface area (TPSA) is 36.4 Å². The normalized spacial score (nSPS) is 12.5. The van der Waals surface area contributed by atoms with Crippen LogP contribution in [-0.4, -0.2) is 35.2 Å². The Hall–Kier alpha value is -0.740. The number of hydrogen-bond donors (Lipinski definition) is 1. The van der Waals surface area contributed by atoms with Crippen LogP contribution in [-0.2, 0) is 6.61 Å². The maximum Gasteiger partial charge on any atom is 0.128 e. The van der Waals surface area contributed by atoms with Gasteiger partial charge in [-0.3, -0.25) is 0 Å². The molecule has 0 bridgehead atoms. The summed E-state index contributed by atoms with van der Waals surface area (Å²) in [6.07, 6.45) is 5.01. The third-order valence-corrected chi connectivity index (χ3v) is 3.40. The third kappa shape index (κ3) is 3.68. The standard InChI is InChI=1S/C12H20N2OS/c1-10(6-7-16-3)14(2)12-5-4-11(9-15)8-13-12/h4-5,8,10,15H,6-7,9H2,1-3H3. The van der Waals surface area contributed by atoms with E-state index in [0.717, 1.165) is 17.8 Å². The van der Waals surface area contributed by atoms with Gasteiger partial charge in [0.05, 0.1) is 6.61 Å². The minimum Gasteiger partial charge on any atom is -0.392 e. The fourth-order valence-electron chi connectivity index (χ4n) is 1.43. The Balaban J connectivity index is 2.60. The second-order valence-corrected chi connectivity index (χ2v) is 4.91. The van der Waals surface area contributed by atoms with Gasteiger partial charge >= 0.3 is 0 Å². The Morgan fingerprint density at radius 1 is 1.50 bits per heavy atom. The van der Waals surface area contributed by atoms with Crippen LogP contribution in [0.1, 0.15) is 18.9 Å². The molecule has 3 nitrogen and oxygen atoms in total. The molecule has 0 amide bonds. The molecule has 0 saturated heterocycles. The lowest BCUT2D eigenvalue weighted by atomic mass is 10.2. The molecule has 0 aromatic carbocycles. The first kappa shape index (κ1) is 13.3. The zero-order valence-electron chi connectivity index (χ0n) is 10.2. The van der Waals surface area contributed by atoms with Crippen LogP contribution in [0, 0.1) is 0 Å². The van der Waals surface area contributed by atoms with Crippen LogP contribution in [0.4, 0.5) is 5.82 Å². The number of aliphatic hydroxyl groups excluding tert-OH is 1. The fourth-order valence-corrected chi connectivity index (χ4v) is 2.00. The average Bonchev–Trinajstić information content (AvgIpc) is 2.35. The number of thioether (sulfide) groups is 1. The summed E-state index contributed by atoms with van der Waals surface area (Å²) >= 11 is 1.87. The Labute approximate surface area is 102 Å². The van der Waals surface area contributed by atoms with Gasteiger partial charge in [0.25, 0.3) is 0 Å². The Morgan fingerprint density at radius 3 is 2.75 bits per heavy atom. The van der Waals surface area contributed by atoms with Gasteiger partial charge in [-0.2, -0.15) is 11.8 Å². The largest absolute Gasteiger partial charge is 0.392 e. The molecule has 90 valence electrons. The van der Waals surface area contributed by atoms with Crippen molar-refractivity contribution in [2.24, 2.45) is 0 Å². The molecule has 0 fully saturated rings. The SMILES string of the molecule is CSCCC(C)N(C)c1ccc(CO)cn1. The molecule has 16 heavy (non-hydrogen) atoms. The Bertz CT molecular complexity index is 302. The molecule has 1 aromatic heterocycles. The molecule has 0 saturated carbocycles. The van der Waals surface area contributed by atoms with Crippen LogP contribution in [0.5, 0.6) is 0 Å². The number of aliphatic hydroxyl groups is 1. The van der Waals surface area contributed by atoms with E-state index >= 15 is 0 Å². The van der Waals surface area contributed by atoms with Crippen LogP contribution in [0.3, 0.4) is 0 Å². The molecule has 0 aliphatic rings. The van der Waals surface area contributed by atoms with Crippen LogP contribution in [0.25, 0.3) is 0 Å². The van der Waals surface area contributed by atoms with E-state index in [9.17, 15) is 0 Å². The molecule has 0 aliphatic heterocycles. The predicted octanol–water partition coefficient (Wildman–Crippen LogP) is 2.15. The molecule has 1 N–H and O–H groups in total.